The van der Waals surface area contributed by atoms with E-state index in [9.17, 15) is 26.3 Å². The molecule has 6 heteroatoms. The number of hydrogen-bond donors (Lipinski definition) is 0. The minimum atomic E-state index is -5.23. The van der Waals surface area contributed by atoms with Crippen LogP contribution in [0, 0.1) is 58.7 Å². The van der Waals surface area contributed by atoms with Gasteiger partial charge in [-0.15, -0.1) is 0 Å². The molecular formula is C19H24F6. The van der Waals surface area contributed by atoms with Gasteiger partial charge in [0.15, 0.2) is 5.41 Å². The lowest BCUT2D eigenvalue weighted by molar-refractivity contribution is -0.343. The standard InChI is InChI=1S/C19H24F6/c1-17(18(20,21)22,19(23,24)25)7-10-5-11-12-6-13(14(10)11)16-9-3-2-8(4-9)15(12)16/h8-16H,2-7H2,1H3. The van der Waals surface area contributed by atoms with Crippen LogP contribution in [0.15, 0.2) is 0 Å². The summed E-state index contributed by atoms with van der Waals surface area (Å²) < 4.78 is 79.6. The first-order chi connectivity index (χ1) is 11.5. The summed E-state index contributed by atoms with van der Waals surface area (Å²) in [6.07, 6.45) is -5.75. The molecule has 5 saturated carbocycles. The second kappa shape index (κ2) is 4.70. The Bertz CT molecular complexity index is 563. The van der Waals surface area contributed by atoms with Crippen molar-refractivity contribution in [3.05, 3.63) is 0 Å². The summed E-state index contributed by atoms with van der Waals surface area (Å²) in [5.41, 5.74) is -3.56. The van der Waals surface area contributed by atoms with Gasteiger partial charge in [0.2, 0.25) is 0 Å². The van der Waals surface area contributed by atoms with Crippen molar-refractivity contribution in [3.63, 3.8) is 0 Å². The minimum absolute atomic E-state index is 0.134. The van der Waals surface area contributed by atoms with E-state index < -0.39 is 30.1 Å². The Hall–Kier alpha value is -0.420. The zero-order chi connectivity index (χ0) is 17.9. The lowest BCUT2D eigenvalue weighted by Crippen LogP contribution is -2.54. The maximum Gasteiger partial charge on any atom is 0.402 e. The summed E-state index contributed by atoms with van der Waals surface area (Å²) in [6.45, 7) is 0.369. The highest BCUT2D eigenvalue weighted by atomic mass is 19.4. The van der Waals surface area contributed by atoms with Crippen LogP contribution in [0.4, 0.5) is 26.3 Å². The third kappa shape index (κ3) is 1.92. The van der Waals surface area contributed by atoms with E-state index in [1.54, 1.807) is 0 Å². The number of halogens is 6. The van der Waals surface area contributed by atoms with Crippen LogP contribution in [-0.2, 0) is 0 Å². The molecule has 5 rings (SSSR count). The monoisotopic (exact) mass is 366 g/mol. The lowest BCUT2D eigenvalue weighted by atomic mass is 9.50. The van der Waals surface area contributed by atoms with Crippen LogP contribution >= 0.6 is 0 Å². The van der Waals surface area contributed by atoms with Crippen molar-refractivity contribution in [2.75, 3.05) is 0 Å². The molecule has 5 aliphatic carbocycles. The largest absolute Gasteiger partial charge is 0.402 e. The molecule has 0 aromatic heterocycles. The van der Waals surface area contributed by atoms with E-state index in [-0.39, 0.29) is 5.92 Å². The summed E-state index contributed by atoms with van der Waals surface area (Å²) in [4.78, 5) is 0. The molecule has 5 aliphatic rings. The van der Waals surface area contributed by atoms with Gasteiger partial charge in [0.1, 0.15) is 0 Å². The third-order valence-corrected chi connectivity index (χ3v) is 9.16. The molecule has 25 heavy (non-hydrogen) atoms. The van der Waals surface area contributed by atoms with E-state index in [0.717, 1.165) is 18.3 Å². The first-order valence-corrected chi connectivity index (χ1v) is 9.66. The molecule has 0 aromatic rings. The average Bonchev–Trinajstić information content (AvgIpc) is 3.17. The maximum atomic E-state index is 13.3. The Morgan fingerprint density at radius 2 is 1.20 bits per heavy atom. The van der Waals surface area contributed by atoms with Crippen molar-refractivity contribution in [1.82, 2.24) is 0 Å². The van der Waals surface area contributed by atoms with Crippen molar-refractivity contribution in [2.45, 2.75) is 57.8 Å². The summed E-state index contributed by atoms with van der Waals surface area (Å²) in [5, 5.41) is 0. The van der Waals surface area contributed by atoms with Crippen LogP contribution in [0.1, 0.15) is 45.4 Å². The van der Waals surface area contributed by atoms with Gasteiger partial charge in [0.05, 0.1) is 0 Å². The van der Waals surface area contributed by atoms with Gasteiger partial charge in [-0.2, -0.15) is 26.3 Å². The van der Waals surface area contributed by atoms with E-state index in [1.807, 2.05) is 0 Å². The predicted molar refractivity (Wildman–Crippen MR) is 79.3 cm³/mol. The molecule has 0 aromatic carbocycles. The second-order valence-electron chi connectivity index (χ2n) is 9.82. The topological polar surface area (TPSA) is 0 Å². The Morgan fingerprint density at radius 1 is 0.680 bits per heavy atom. The van der Waals surface area contributed by atoms with Crippen molar-refractivity contribution >= 4 is 0 Å². The average molecular weight is 366 g/mol. The molecule has 0 saturated heterocycles. The van der Waals surface area contributed by atoms with Crippen LogP contribution in [0.25, 0.3) is 0 Å². The first-order valence-electron chi connectivity index (χ1n) is 9.66. The van der Waals surface area contributed by atoms with E-state index in [1.165, 1.54) is 19.3 Å². The predicted octanol–water partition coefficient (Wildman–Crippen LogP) is 6.07. The molecule has 0 amide bonds. The van der Waals surface area contributed by atoms with E-state index in [2.05, 4.69) is 0 Å². The van der Waals surface area contributed by atoms with Gasteiger partial charge in [-0.3, -0.25) is 0 Å². The van der Waals surface area contributed by atoms with Gasteiger partial charge in [-0.1, -0.05) is 0 Å². The molecule has 0 radical (unpaired) electrons. The van der Waals surface area contributed by atoms with Gasteiger partial charge >= 0.3 is 12.4 Å². The van der Waals surface area contributed by atoms with E-state index >= 15 is 0 Å². The highest BCUT2D eigenvalue weighted by Gasteiger charge is 2.73. The van der Waals surface area contributed by atoms with Crippen molar-refractivity contribution < 1.29 is 26.3 Å². The van der Waals surface area contributed by atoms with Crippen LogP contribution in [-0.4, -0.2) is 12.4 Å². The number of hydrogen-bond acceptors (Lipinski definition) is 0. The summed E-state index contributed by atoms with van der Waals surface area (Å²) in [7, 11) is 0. The van der Waals surface area contributed by atoms with Crippen LogP contribution in [0.2, 0.25) is 0 Å². The molecule has 0 heterocycles. The second-order valence-corrected chi connectivity index (χ2v) is 9.82. The van der Waals surface area contributed by atoms with Gasteiger partial charge < -0.3 is 0 Å². The van der Waals surface area contributed by atoms with Crippen LogP contribution < -0.4 is 0 Å². The van der Waals surface area contributed by atoms with Gasteiger partial charge in [0.25, 0.3) is 0 Å². The summed E-state index contributed by atoms with van der Waals surface area (Å²) in [6, 6.07) is 0. The molecular weight excluding hydrogens is 342 g/mol. The van der Waals surface area contributed by atoms with Crippen molar-refractivity contribution in [2.24, 2.45) is 58.7 Å². The summed E-state index contributed by atoms with van der Waals surface area (Å²) >= 11 is 0. The van der Waals surface area contributed by atoms with Crippen molar-refractivity contribution in [3.8, 4) is 0 Å². The molecule has 142 valence electrons. The minimum Gasteiger partial charge on any atom is -0.170 e. The van der Waals surface area contributed by atoms with E-state index in [4.69, 9.17) is 0 Å². The van der Waals surface area contributed by atoms with Crippen LogP contribution in [0.5, 0.6) is 0 Å². The smallest absolute Gasteiger partial charge is 0.170 e. The first kappa shape index (κ1) is 16.7. The molecule has 4 bridgehead atoms. The van der Waals surface area contributed by atoms with Gasteiger partial charge in [-0.05, 0) is 98.7 Å². The summed E-state index contributed by atoms with van der Waals surface area (Å²) in [5.74, 6) is 4.07. The highest BCUT2D eigenvalue weighted by molar-refractivity contribution is 5.18. The Kier molecular flexibility index (Phi) is 3.15. The fraction of sp³-hybridized carbons (Fsp3) is 1.00. The molecule has 0 nitrogen and oxygen atoms in total. The fourth-order valence-electron chi connectivity index (χ4n) is 8.23. The zero-order valence-corrected chi connectivity index (χ0v) is 14.2. The Labute approximate surface area is 143 Å². The van der Waals surface area contributed by atoms with Gasteiger partial charge in [0, 0.05) is 0 Å². The Morgan fingerprint density at radius 3 is 1.76 bits per heavy atom. The quantitative estimate of drug-likeness (QED) is 0.411. The molecule has 0 spiro atoms. The SMILES string of the molecule is CC(CC1CC2C3CC(C12)C1C2CCC(C2)C31)(C(F)(F)F)C(F)(F)F. The van der Waals surface area contributed by atoms with Crippen LogP contribution in [0.3, 0.4) is 0 Å². The molecule has 0 aliphatic heterocycles. The fourth-order valence-corrected chi connectivity index (χ4v) is 8.23. The molecule has 9 atom stereocenters. The number of fused-ring (bicyclic) bond motifs is 12. The highest BCUT2D eigenvalue weighted by Crippen LogP contribution is 2.76. The zero-order valence-electron chi connectivity index (χ0n) is 14.2. The lowest BCUT2D eigenvalue weighted by Gasteiger charge is -2.55. The third-order valence-electron chi connectivity index (χ3n) is 9.16. The number of alkyl halides is 6. The normalized spacial score (nSPS) is 50.8. The van der Waals surface area contributed by atoms with Gasteiger partial charge in [-0.25, -0.2) is 0 Å². The van der Waals surface area contributed by atoms with E-state index in [0.29, 0.717) is 42.9 Å². The molecule has 5 fully saturated rings. The molecule has 9 unspecified atom stereocenters. The Balaban J connectivity index is 1.37. The molecule has 0 N–H and O–H groups in total. The number of rotatable bonds is 2. The van der Waals surface area contributed by atoms with Crippen molar-refractivity contribution in [1.29, 1.82) is 0 Å². The maximum absolute atomic E-state index is 13.3.